The zero-order valence-electron chi connectivity index (χ0n) is 10.2. The Morgan fingerprint density at radius 3 is 2.84 bits per heavy atom. The van der Waals surface area contributed by atoms with Gasteiger partial charge < -0.3 is 15.8 Å². The first kappa shape index (κ1) is 12.8. The third kappa shape index (κ3) is 2.79. The number of carbonyl (C=O) groups excluding carboxylic acids is 1. The van der Waals surface area contributed by atoms with E-state index in [2.05, 4.69) is 10.3 Å². The van der Waals surface area contributed by atoms with Crippen LogP contribution in [0.1, 0.15) is 10.4 Å². The summed E-state index contributed by atoms with van der Waals surface area (Å²) < 4.78 is 18.3. The number of nitrogens with two attached hydrogens (primary N) is 1. The van der Waals surface area contributed by atoms with Crippen molar-refractivity contribution in [3.8, 4) is 5.75 Å². The number of nitrogens with zero attached hydrogens (tertiary/aromatic N) is 1. The third-order valence-corrected chi connectivity index (χ3v) is 2.48. The van der Waals surface area contributed by atoms with E-state index in [0.29, 0.717) is 5.69 Å². The summed E-state index contributed by atoms with van der Waals surface area (Å²) in [4.78, 5) is 15.8. The van der Waals surface area contributed by atoms with Crippen LogP contribution in [0.2, 0.25) is 0 Å². The third-order valence-electron chi connectivity index (χ3n) is 2.48. The zero-order chi connectivity index (χ0) is 13.8. The molecule has 2 rings (SSSR count). The van der Waals surface area contributed by atoms with E-state index < -0.39 is 11.7 Å². The van der Waals surface area contributed by atoms with E-state index in [1.807, 2.05) is 0 Å². The minimum absolute atomic E-state index is 0.0777. The lowest BCUT2D eigenvalue weighted by Crippen LogP contribution is -2.14. The van der Waals surface area contributed by atoms with Crippen LogP contribution in [-0.4, -0.2) is 18.0 Å². The summed E-state index contributed by atoms with van der Waals surface area (Å²) in [5.41, 5.74) is 6.14. The summed E-state index contributed by atoms with van der Waals surface area (Å²) in [5.74, 6) is -0.784. The van der Waals surface area contributed by atoms with Gasteiger partial charge in [0.2, 0.25) is 0 Å². The molecule has 19 heavy (non-hydrogen) atoms. The number of nitrogens with one attached hydrogen (secondary N) is 1. The molecule has 0 saturated carbocycles. The highest BCUT2D eigenvalue weighted by molar-refractivity contribution is 6.05. The molecule has 0 saturated heterocycles. The number of carbonyl (C=O) groups is 1. The van der Waals surface area contributed by atoms with Crippen LogP contribution in [0.4, 0.5) is 15.9 Å². The molecule has 0 aliphatic rings. The van der Waals surface area contributed by atoms with E-state index in [0.717, 1.165) is 6.07 Å². The van der Waals surface area contributed by atoms with Crippen molar-refractivity contribution in [2.75, 3.05) is 18.2 Å². The molecule has 1 aromatic carbocycles. The number of hydrogen-bond acceptors (Lipinski definition) is 4. The van der Waals surface area contributed by atoms with Crippen molar-refractivity contribution in [2.24, 2.45) is 0 Å². The van der Waals surface area contributed by atoms with E-state index in [1.165, 1.54) is 25.4 Å². The Bertz CT molecular complexity index is 617. The molecule has 0 fully saturated rings. The SMILES string of the molecule is COc1ccc(C(=O)Nc2ncccc2N)cc1F. The lowest BCUT2D eigenvalue weighted by molar-refractivity contribution is 0.102. The van der Waals surface area contributed by atoms with E-state index in [9.17, 15) is 9.18 Å². The van der Waals surface area contributed by atoms with Gasteiger partial charge in [-0.15, -0.1) is 0 Å². The fraction of sp³-hybridized carbons (Fsp3) is 0.0769. The molecule has 0 aliphatic carbocycles. The standard InChI is InChI=1S/C13H12FN3O2/c1-19-11-5-4-8(7-9(11)14)13(18)17-12-10(15)3-2-6-16-12/h2-7H,15H2,1H3,(H,16,17,18). The lowest BCUT2D eigenvalue weighted by atomic mass is 10.2. The van der Waals surface area contributed by atoms with Crippen molar-refractivity contribution >= 4 is 17.4 Å². The van der Waals surface area contributed by atoms with E-state index >= 15 is 0 Å². The van der Waals surface area contributed by atoms with E-state index in [1.54, 1.807) is 12.1 Å². The second-order valence-corrected chi connectivity index (χ2v) is 3.74. The van der Waals surface area contributed by atoms with Crippen molar-refractivity contribution in [3.63, 3.8) is 0 Å². The summed E-state index contributed by atoms with van der Waals surface area (Å²) >= 11 is 0. The average Bonchev–Trinajstić information content (AvgIpc) is 2.41. The van der Waals surface area contributed by atoms with Crippen LogP contribution < -0.4 is 15.8 Å². The molecule has 0 aliphatic heterocycles. The maximum atomic E-state index is 13.5. The van der Waals surface area contributed by atoms with Crippen LogP contribution in [0.25, 0.3) is 0 Å². The zero-order valence-corrected chi connectivity index (χ0v) is 10.2. The van der Waals surface area contributed by atoms with Gasteiger partial charge in [-0.3, -0.25) is 4.79 Å². The number of methoxy groups -OCH3 is 1. The van der Waals surface area contributed by atoms with Crippen LogP contribution in [0.3, 0.4) is 0 Å². The number of aromatic nitrogens is 1. The second-order valence-electron chi connectivity index (χ2n) is 3.74. The molecule has 1 aromatic heterocycles. The van der Waals surface area contributed by atoms with Crippen LogP contribution in [0.5, 0.6) is 5.75 Å². The Morgan fingerprint density at radius 1 is 1.42 bits per heavy atom. The van der Waals surface area contributed by atoms with E-state index in [4.69, 9.17) is 10.5 Å². The van der Waals surface area contributed by atoms with Crippen molar-refractivity contribution in [3.05, 3.63) is 47.9 Å². The first-order valence-corrected chi connectivity index (χ1v) is 5.47. The van der Waals surface area contributed by atoms with Crippen LogP contribution in [0, 0.1) is 5.82 Å². The Kier molecular flexibility index (Phi) is 3.61. The average molecular weight is 261 g/mol. The Balaban J connectivity index is 2.21. The van der Waals surface area contributed by atoms with Gasteiger partial charge in [-0.05, 0) is 30.3 Å². The van der Waals surface area contributed by atoms with Crippen LogP contribution >= 0.6 is 0 Å². The highest BCUT2D eigenvalue weighted by Gasteiger charge is 2.11. The van der Waals surface area contributed by atoms with Crippen molar-refractivity contribution in [2.45, 2.75) is 0 Å². The molecule has 1 heterocycles. The van der Waals surface area contributed by atoms with Crippen LogP contribution in [-0.2, 0) is 0 Å². The normalized spacial score (nSPS) is 10.0. The molecular weight excluding hydrogens is 249 g/mol. The number of anilines is 2. The predicted octanol–water partition coefficient (Wildman–Crippen LogP) is 2.06. The Labute approximate surface area is 109 Å². The van der Waals surface area contributed by atoms with Gasteiger partial charge in [-0.1, -0.05) is 0 Å². The smallest absolute Gasteiger partial charge is 0.256 e. The van der Waals surface area contributed by atoms with Crippen LogP contribution in [0.15, 0.2) is 36.5 Å². The maximum absolute atomic E-state index is 13.5. The molecule has 0 radical (unpaired) electrons. The number of benzene rings is 1. The summed E-state index contributed by atoms with van der Waals surface area (Å²) in [6, 6.07) is 7.19. The van der Waals surface area contributed by atoms with E-state index in [-0.39, 0.29) is 17.1 Å². The van der Waals surface area contributed by atoms with Crippen molar-refractivity contribution in [1.82, 2.24) is 4.98 Å². The molecule has 5 nitrogen and oxygen atoms in total. The highest BCUT2D eigenvalue weighted by Crippen LogP contribution is 2.19. The van der Waals surface area contributed by atoms with Gasteiger partial charge in [-0.2, -0.15) is 0 Å². The first-order valence-electron chi connectivity index (χ1n) is 5.47. The number of halogens is 1. The number of rotatable bonds is 3. The summed E-state index contributed by atoms with van der Waals surface area (Å²) in [7, 11) is 1.35. The molecule has 0 bridgehead atoms. The first-order chi connectivity index (χ1) is 9.11. The maximum Gasteiger partial charge on any atom is 0.256 e. The number of nitrogen functional groups attached to an aromatic ring is 1. The molecule has 6 heteroatoms. The topological polar surface area (TPSA) is 77.2 Å². The number of pyridine rings is 1. The van der Waals surface area contributed by atoms with Gasteiger partial charge in [0.05, 0.1) is 12.8 Å². The van der Waals surface area contributed by atoms with Gasteiger partial charge in [0.15, 0.2) is 17.4 Å². The van der Waals surface area contributed by atoms with Gasteiger partial charge >= 0.3 is 0 Å². The van der Waals surface area contributed by atoms with Gasteiger partial charge in [0.25, 0.3) is 5.91 Å². The molecule has 1 amide bonds. The molecule has 0 atom stereocenters. The second kappa shape index (κ2) is 5.34. The molecule has 0 spiro atoms. The fourth-order valence-corrected chi connectivity index (χ4v) is 1.51. The Hall–Kier alpha value is -2.63. The van der Waals surface area contributed by atoms with Gasteiger partial charge in [-0.25, -0.2) is 9.37 Å². The van der Waals surface area contributed by atoms with Crippen molar-refractivity contribution < 1.29 is 13.9 Å². The highest BCUT2D eigenvalue weighted by atomic mass is 19.1. The quantitative estimate of drug-likeness (QED) is 0.886. The molecule has 98 valence electrons. The summed E-state index contributed by atoms with van der Waals surface area (Å²) in [6.07, 6.45) is 1.50. The van der Waals surface area contributed by atoms with Gasteiger partial charge in [0, 0.05) is 11.8 Å². The Morgan fingerprint density at radius 2 is 2.21 bits per heavy atom. The minimum atomic E-state index is -0.607. The number of ether oxygens (including phenoxy) is 1. The molecule has 2 aromatic rings. The molecule has 3 N–H and O–H groups in total. The monoisotopic (exact) mass is 261 g/mol. The fourth-order valence-electron chi connectivity index (χ4n) is 1.51. The molecule has 0 unspecified atom stereocenters. The lowest BCUT2D eigenvalue weighted by Gasteiger charge is -2.07. The number of hydrogen-bond donors (Lipinski definition) is 2. The van der Waals surface area contributed by atoms with Gasteiger partial charge in [0.1, 0.15) is 0 Å². The minimum Gasteiger partial charge on any atom is -0.494 e. The summed E-state index contributed by atoms with van der Waals surface area (Å²) in [6.45, 7) is 0. The largest absolute Gasteiger partial charge is 0.494 e. The number of amides is 1. The summed E-state index contributed by atoms with van der Waals surface area (Å²) in [5, 5.41) is 2.51. The molecular formula is C13H12FN3O2. The predicted molar refractivity (Wildman–Crippen MR) is 69.6 cm³/mol. The van der Waals surface area contributed by atoms with Crippen molar-refractivity contribution in [1.29, 1.82) is 0 Å².